The molecule has 0 unspecified atom stereocenters. The summed E-state index contributed by atoms with van der Waals surface area (Å²) < 4.78 is 70.1. The molecule has 6 nitrogen and oxygen atoms in total. The van der Waals surface area contributed by atoms with Gasteiger partial charge in [-0.15, -0.1) is 22.7 Å². The lowest BCUT2D eigenvalue weighted by atomic mass is 10.0. The van der Waals surface area contributed by atoms with Crippen molar-refractivity contribution in [2.24, 2.45) is 0 Å². The van der Waals surface area contributed by atoms with Crippen LogP contribution in [0, 0.1) is 0 Å². The zero-order valence-corrected chi connectivity index (χ0v) is 38.1. The number of unbranched alkanes of at least 4 members (excludes halogenated alkanes) is 2. The minimum Gasteiger partial charge on any atom is -0.313 e. The second kappa shape index (κ2) is 18.2. The number of aryl methyl sites for hydroxylation is 2. The molecule has 4 heterocycles. The first-order valence-electron chi connectivity index (χ1n) is 19.8. The quantitative estimate of drug-likeness (QED) is 0.0925. The number of fused-ring (bicyclic) bond motifs is 6. The summed E-state index contributed by atoms with van der Waals surface area (Å²) in [6.07, 6.45) is 13.9. The maximum atomic E-state index is 16.2. The van der Waals surface area contributed by atoms with Gasteiger partial charge in [0.05, 0.1) is 42.6 Å². The number of rotatable bonds is 13. The van der Waals surface area contributed by atoms with E-state index in [4.69, 9.17) is 46.4 Å². The molecule has 0 aliphatic heterocycles. The number of aromatic nitrogens is 2. The first kappa shape index (κ1) is 43.4. The van der Waals surface area contributed by atoms with Crippen molar-refractivity contribution in [1.82, 2.24) is 14.0 Å². The minimum atomic E-state index is -4.43. The Morgan fingerprint density at radius 2 is 1.27 bits per heavy atom. The van der Waals surface area contributed by atoms with Crippen LogP contribution in [0.5, 0.6) is 0 Å². The molecule has 0 saturated heterocycles. The van der Waals surface area contributed by atoms with Crippen LogP contribution in [0.1, 0.15) is 71.9 Å². The van der Waals surface area contributed by atoms with Gasteiger partial charge in [0.1, 0.15) is 15.9 Å². The van der Waals surface area contributed by atoms with Crippen LogP contribution >= 0.6 is 69.1 Å². The number of allylic oxidation sites excluding steroid dienone is 2. The molecular formula is C45H41Cl4F2N3O3S3. The van der Waals surface area contributed by atoms with Gasteiger partial charge in [-0.2, -0.15) is 8.42 Å². The Kier molecular flexibility index (Phi) is 13.2. The van der Waals surface area contributed by atoms with Gasteiger partial charge in [0.2, 0.25) is 0 Å². The van der Waals surface area contributed by atoms with Crippen LogP contribution in [0.4, 0.5) is 8.78 Å². The Bertz CT molecular complexity index is 2770. The van der Waals surface area contributed by atoms with Crippen molar-refractivity contribution in [1.29, 1.82) is 0 Å². The predicted molar refractivity (Wildman–Crippen MR) is 246 cm³/mol. The number of benzene rings is 2. The fourth-order valence-electron chi connectivity index (χ4n) is 8.31. The lowest BCUT2D eigenvalue weighted by Crippen LogP contribution is -2.20. The van der Waals surface area contributed by atoms with Crippen LogP contribution in [-0.2, 0) is 35.8 Å². The zero-order chi connectivity index (χ0) is 42.3. The van der Waals surface area contributed by atoms with Gasteiger partial charge in [0.25, 0.3) is 0 Å². The summed E-state index contributed by atoms with van der Waals surface area (Å²) in [6.45, 7) is 1.48. The number of hydrogen-bond acceptors (Lipinski definition) is 5. The molecule has 2 aliphatic rings. The van der Waals surface area contributed by atoms with Crippen molar-refractivity contribution >= 4 is 90.8 Å². The van der Waals surface area contributed by atoms with Crippen molar-refractivity contribution in [3.63, 3.8) is 0 Å². The highest BCUT2D eigenvalue weighted by molar-refractivity contribution is 7.88. The SMILES string of the molecule is CN(CCC/C=C(\F)c1cn(-c2ccc(Cl)cc2Cl)c2c1CCCc1ccsc1-2)CCC/C=C(\F)c1cn(-c2ccc(Cl)cc2Cl)c2c1CCCc1cc(S(=O)(=O)O)sc1-2. The lowest BCUT2D eigenvalue weighted by Gasteiger charge is -2.15. The highest BCUT2D eigenvalue weighted by Gasteiger charge is 2.30. The number of nitrogens with zero attached hydrogens (tertiary/aromatic N) is 3. The smallest absolute Gasteiger partial charge is 0.304 e. The third-order valence-corrected chi connectivity index (χ3v) is 15.7. The summed E-state index contributed by atoms with van der Waals surface area (Å²) in [5.74, 6) is -0.605. The van der Waals surface area contributed by atoms with Crippen LogP contribution in [-0.4, -0.2) is 47.1 Å². The molecule has 0 spiro atoms. The normalized spacial score (nSPS) is 14.5. The first-order chi connectivity index (χ1) is 28.8. The van der Waals surface area contributed by atoms with E-state index in [0.29, 0.717) is 86.0 Å². The third-order valence-electron chi connectivity index (χ3n) is 11.2. The van der Waals surface area contributed by atoms with Crippen molar-refractivity contribution < 1.29 is 21.8 Å². The van der Waals surface area contributed by atoms with E-state index >= 15 is 8.78 Å². The van der Waals surface area contributed by atoms with E-state index in [-0.39, 0.29) is 15.9 Å². The summed E-state index contributed by atoms with van der Waals surface area (Å²) in [6, 6.07) is 14.1. The molecule has 0 fully saturated rings. The Morgan fingerprint density at radius 1 is 0.750 bits per heavy atom. The highest BCUT2D eigenvalue weighted by Crippen LogP contribution is 2.46. The number of hydrogen-bond donors (Lipinski definition) is 1. The minimum absolute atomic E-state index is 0.153. The second-order valence-electron chi connectivity index (χ2n) is 15.2. The summed E-state index contributed by atoms with van der Waals surface area (Å²) in [5, 5.41) is 3.95. The molecule has 1 N–H and O–H groups in total. The molecule has 60 heavy (non-hydrogen) atoms. The van der Waals surface area contributed by atoms with Gasteiger partial charge in [0, 0.05) is 33.6 Å². The Balaban J connectivity index is 0.936. The molecule has 314 valence electrons. The van der Waals surface area contributed by atoms with Gasteiger partial charge in [-0.3, -0.25) is 4.55 Å². The second-order valence-corrected chi connectivity index (χ2v) is 20.5. The average Bonchev–Trinajstić information content (AvgIpc) is 3.96. The van der Waals surface area contributed by atoms with E-state index in [1.54, 1.807) is 64.6 Å². The topological polar surface area (TPSA) is 67.5 Å². The fourth-order valence-corrected chi connectivity index (χ4v) is 12.3. The van der Waals surface area contributed by atoms with Crippen LogP contribution < -0.4 is 0 Å². The van der Waals surface area contributed by atoms with Crippen LogP contribution in [0.15, 0.2) is 82.7 Å². The highest BCUT2D eigenvalue weighted by atomic mass is 35.5. The molecule has 0 radical (unpaired) electrons. The molecule has 4 aromatic heterocycles. The van der Waals surface area contributed by atoms with E-state index in [1.807, 2.05) is 23.9 Å². The summed E-state index contributed by atoms with van der Waals surface area (Å²) in [7, 11) is -2.41. The van der Waals surface area contributed by atoms with E-state index in [9.17, 15) is 13.0 Å². The standard InChI is InChI=1S/C45H41Cl4F2N3O3S3/c1-52(19-4-2-12-37(50)33-25-53(39-16-14-29(46)23-35(39)48)42-31(33)10-6-8-27-18-21-58-44(27)42)20-5-3-13-38(51)34-26-54(40-17-15-30(47)24-36(40)49)43-32(34)11-7-9-28-22-41(59-45(28)43)60(55,56)57/h12-18,21-26H,2-11,19-20H2,1H3,(H,55,56,57)/b37-12-,38-13-. The maximum absolute atomic E-state index is 16.2. The molecule has 15 heteroatoms. The molecule has 0 bridgehead atoms. The van der Waals surface area contributed by atoms with Gasteiger partial charge >= 0.3 is 10.1 Å². The first-order valence-corrected chi connectivity index (χ1v) is 24.4. The lowest BCUT2D eigenvalue weighted by molar-refractivity contribution is 0.326. The van der Waals surface area contributed by atoms with Crippen molar-refractivity contribution in [3.8, 4) is 32.5 Å². The molecule has 2 aliphatic carbocycles. The zero-order valence-electron chi connectivity index (χ0n) is 32.6. The van der Waals surface area contributed by atoms with Crippen molar-refractivity contribution in [2.45, 2.75) is 68.4 Å². The third kappa shape index (κ3) is 8.98. The van der Waals surface area contributed by atoms with E-state index in [2.05, 4.69) is 16.3 Å². The summed E-state index contributed by atoms with van der Waals surface area (Å²) in [4.78, 5) is 3.98. The number of thiophene rings is 2. The molecule has 8 rings (SSSR count). The van der Waals surface area contributed by atoms with Crippen LogP contribution in [0.3, 0.4) is 0 Å². The molecular weight excluding hydrogens is 907 g/mol. The van der Waals surface area contributed by atoms with Gasteiger partial charge in [-0.25, -0.2) is 8.78 Å². The Hall–Kier alpha value is -3.23. The Labute approximate surface area is 377 Å². The van der Waals surface area contributed by atoms with E-state index in [1.165, 1.54) is 11.6 Å². The molecule has 0 amide bonds. The summed E-state index contributed by atoms with van der Waals surface area (Å²) >= 11 is 28.4. The van der Waals surface area contributed by atoms with Gasteiger partial charge in [0.15, 0.2) is 0 Å². The van der Waals surface area contributed by atoms with E-state index in [0.717, 1.165) is 83.1 Å². The summed E-state index contributed by atoms with van der Waals surface area (Å²) in [5.41, 5.74) is 7.82. The fraction of sp³-hybridized carbons (Fsp3) is 0.289. The largest absolute Gasteiger partial charge is 0.313 e. The van der Waals surface area contributed by atoms with Crippen LogP contribution in [0.2, 0.25) is 20.1 Å². The van der Waals surface area contributed by atoms with Gasteiger partial charge in [-0.05, 0) is 173 Å². The van der Waals surface area contributed by atoms with E-state index < -0.39 is 10.1 Å². The average molecular weight is 948 g/mol. The molecule has 6 aromatic rings. The number of halogens is 6. The monoisotopic (exact) mass is 945 g/mol. The van der Waals surface area contributed by atoms with Gasteiger partial charge in [-0.1, -0.05) is 46.4 Å². The Morgan fingerprint density at radius 3 is 1.78 bits per heavy atom. The van der Waals surface area contributed by atoms with Gasteiger partial charge < -0.3 is 14.0 Å². The van der Waals surface area contributed by atoms with Crippen molar-refractivity contribution in [3.05, 3.63) is 132 Å². The molecule has 2 aromatic carbocycles. The van der Waals surface area contributed by atoms with Crippen molar-refractivity contribution in [2.75, 3.05) is 20.1 Å². The molecule has 0 saturated carbocycles. The van der Waals surface area contributed by atoms with Crippen LogP contribution in [0.25, 0.3) is 44.2 Å². The predicted octanol–water partition coefficient (Wildman–Crippen LogP) is 14.4. The molecule has 0 atom stereocenters. The maximum Gasteiger partial charge on any atom is 0.304 e.